The number of halogens is 1. The van der Waals surface area contributed by atoms with Gasteiger partial charge in [0.2, 0.25) is 0 Å². The zero-order valence-corrected chi connectivity index (χ0v) is 11.9. The van der Waals surface area contributed by atoms with Crippen molar-refractivity contribution < 1.29 is 9.84 Å². The third kappa shape index (κ3) is 2.93. The Balaban J connectivity index is 3.39. The Morgan fingerprint density at radius 2 is 1.94 bits per heavy atom. The highest BCUT2D eigenvalue weighted by Gasteiger charge is 2.23. The van der Waals surface area contributed by atoms with Crippen molar-refractivity contribution in [3.8, 4) is 5.75 Å². The highest BCUT2D eigenvalue weighted by molar-refractivity contribution is 6.32. The molecule has 0 heterocycles. The van der Waals surface area contributed by atoms with Gasteiger partial charge in [0, 0.05) is 5.41 Å². The van der Waals surface area contributed by atoms with Crippen molar-refractivity contribution in [1.29, 1.82) is 0 Å². The standard InChI is InChI=1S/C14H21ClO2/c1-9(2)11-6-10(14(3,4)8-16)7-12(15)13(11)17-5/h6-7,9,16H,8H2,1-5H3. The van der Waals surface area contributed by atoms with Crippen LogP contribution in [0.15, 0.2) is 12.1 Å². The van der Waals surface area contributed by atoms with E-state index in [0.29, 0.717) is 10.9 Å². The molecule has 1 aromatic rings. The first-order chi connectivity index (χ1) is 7.83. The van der Waals surface area contributed by atoms with Crippen LogP contribution in [0, 0.1) is 0 Å². The van der Waals surface area contributed by atoms with Gasteiger partial charge in [-0.05, 0) is 23.1 Å². The molecule has 0 aliphatic rings. The molecule has 0 spiro atoms. The van der Waals surface area contributed by atoms with E-state index in [9.17, 15) is 5.11 Å². The largest absolute Gasteiger partial charge is 0.495 e. The summed E-state index contributed by atoms with van der Waals surface area (Å²) in [5.74, 6) is 1.07. The molecule has 96 valence electrons. The summed E-state index contributed by atoms with van der Waals surface area (Å²) in [5, 5.41) is 10.0. The minimum atomic E-state index is -0.292. The molecule has 1 N–H and O–H groups in total. The lowest BCUT2D eigenvalue weighted by molar-refractivity contribution is 0.218. The molecule has 0 aliphatic heterocycles. The Morgan fingerprint density at radius 3 is 2.35 bits per heavy atom. The number of ether oxygens (including phenoxy) is 1. The van der Waals surface area contributed by atoms with E-state index in [4.69, 9.17) is 16.3 Å². The van der Waals surface area contributed by atoms with Crippen LogP contribution in [0.25, 0.3) is 0 Å². The molecule has 0 fully saturated rings. The summed E-state index contributed by atoms with van der Waals surface area (Å²) >= 11 is 6.24. The minimum Gasteiger partial charge on any atom is -0.495 e. The summed E-state index contributed by atoms with van der Waals surface area (Å²) in [6, 6.07) is 3.95. The quantitative estimate of drug-likeness (QED) is 0.889. The zero-order chi connectivity index (χ0) is 13.2. The summed E-state index contributed by atoms with van der Waals surface area (Å²) in [5.41, 5.74) is 1.82. The van der Waals surface area contributed by atoms with Gasteiger partial charge >= 0.3 is 0 Å². The number of aliphatic hydroxyl groups is 1. The van der Waals surface area contributed by atoms with Crippen LogP contribution in [0.2, 0.25) is 5.02 Å². The second-order valence-corrected chi connectivity index (χ2v) is 5.68. The zero-order valence-electron chi connectivity index (χ0n) is 11.2. The van der Waals surface area contributed by atoms with Crippen LogP contribution in [0.3, 0.4) is 0 Å². The van der Waals surface area contributed by atoms with Crippen LogP contribution in [0.1, 0.15) is 44.7 Å². The molecular weight excluding hydrogens is 236 g/mol. The van der Waals surface area contributed by atoms with Gasteiger partial charge in [0.1, 0.15) is 5.75 Å². The fraction of sp³-hybridized carbons (Fsp3) is 0.571. The highest BCUT2D eigenvalue weighted by atomic mass is 35.5. The van der Waals surface area contributed by atoms with Gasteiger partial charge in [0.25, 0.3) is 0 Å². The summed E-state index contributed by atoms with van der Waals surface area (Å²) < 4.78 is 5.34. The van der Waals surface area contributed by atoms with Gasteiger partial charge in [0.05, 0.1) is 18.7 Å². The molecule has 17 heavy (non-hydrogen) atoms. The predicted molar refractivity (Wildman–Crippen MR) is 72.2 cm³/mol. The van der Waals surface area contributed by atoms with E-state index in [2.05, 4.69) is 19.9 Å². The molecule has 3 heteroatoms. The third-order valence-corrected chi connectivity index (χ3v) is 3.36. The maximum Gasteiger partial charge on any atom is 0.140 e. The van der Waals surface area contributed by atoms with E-state index in [1.807, 2.05) is 19.9 Å². The lowest BCUT2D eigenvalue weighted by atomic mass is 9.83. The molecule has 2 nitrogen and oxygen atoms in total. The average molecular weight is 257 g/mol. The Morgan fingerprint density at radius 1 is 1.35 bits per heavy atom. The molecule has 1 aromatic carbocycles. The number of rotatable bonds is 4. The fourth-order valence-electron chi connectivity index (χ4n) is 1.74. The molecular formula is C14H21ClO2. The van der Waals surface area contributed by atoms with Crippen LogP contribution in [0.5, 0.6) is 5.75 Å². The van der Waals surface area contributed by atoms with E-state index in [0.717, 1.165) is 16.9 Å². The predicted octanol–water partition coefficient (Wildman–Crippen LogP) is 3.74. The Kier molecular flexibility index (Phi) is 4.45. The smallest absolute Gasteiger partial charge is 0.140 e. The van der Waals surface area contributed by atoms with E-state index < -0.39 is 0 Å². The molecule has 0 bridgehead atoms. The van der Waals surface area contributed by atoms with Gasteiger partial charge in [-0.15, -0.1) is 0 Å². The van der Waals surface area contributed by atoms with E-state index in [1.165, 1.54) is 0 Å². The van der Waals surface area contributed by atoms with E-state index >= 15 is 0 Å². The molecule has 0 unspecified atom stereocenters. The van der Waals surface area contributed by atoms with Crippen molar-refractivity contribution >= 4 is 11.6 Å². The Labute approximate surface area is 109 Å². The van der Waals surface area contributed by atoms with Crippen molar-refractivity contribution in [2.45, 2.75) is 39.0 Å². The minimum absolute atomic E-state index is 0.0905. The lowest BCUT2D eigenvalue weighted by Gasteiger charge is -2.25. The molecule has 1 rings (SSSR count). The Hall–Kier alpha value is -0.730. The van der Waals surface area contributed by atoms with Gasteiger partial charge in [-0.25, -0.2) is 0 Å². The van der Waals surface area contributed by atoms with Crippen LogP contribution in [-0.2, 0) is 5.41 Å². The normalized spacial score (nSPS) is 12.0. The summed E-state index contributed by atoms with van der Waals surface area (Å²) in [4.78, 5) is 0. The molecule has 0 aromatic heterocycles. The fourth-order valence-corrected chi connectivity index (χ4v) is 2.04. The number of aliphatic hydroxyl groups excluding tert-OH is 1. The van der Waals surface area contributed by atoms with E-state index in [-0.39, 0.29) is 12.0 Å². The SMILES string of the molecule is COc1c(Cl)cc(C(C)(C)CO)cc1C(C)C. The molecule has 0 amide bonds. The highest BCUT2D eigenvalue weighted by Crippen LogP contribution is 2.38. The van der Waals surface area contributed by atoms with Crippen molar-refractivity contribution in [2.24, 2.45) is 0 Å². The maximum absolute atomic E-state index is 9.42. The average Bonchev–Trinajstić information content (AvgIpc) is 2.27. The molecule has 0 radical (unpaired) electrons. The summed E-state index contributed by atoms with van der Waals surface area (Å²) in [7, 11) is 1.63. The lowest BCUT2D eigenvalue weighted by Crippen LogP contribution is -2.22. The van der Waals surface area contributed by atoms with Crippen LogP contribution < -0.4 is 4.74 Å². The van der Waals surface area contributed by atoms with Crippen LogP contribution in [0.4, 0.5) is 0 Å². The Bertz CT molecular complexity index is 397. The van der Waals surface area contributed by atoms with Crippen molar-refractivity contribution in [1.82, 2.24) is 0 Å². The monoisotopic (exact) mass is 256 g/mol. The molecule has 0 atom stereocenters. The first kappa shape index (κ1) is 14.3. The first-order valence-corrected chi connectivity index (χ1v) is 6.20. The van der Waals surface area contributed by atoms with Gasteiger partial charge in [0.15, 0.2) is 0 Å². The van der Waals surface area contributed by atoms with Gasteiger partial charge in [-0.1, -0.05) is 45.4 Å². The topological polar surface area (TPSA) is 29.5 Å². The van der Waals surface area contributed by atoms with Crippen molar-refractivity contribution in [3.63, 3.8) is 0 Å². The number of benzene rings is 1. The third-order valence-electron chi connectivity index (χ3n) is 3.08. The number of hydrogen-bond acceptors (Lipinski definition) is 2. The van der Waals surface area contributed by atoms with Crippen LogP contribution >= 0.6 is 11.6 Å². The number of methoxy groups -OCH3 is 1. The van der Waals surface area contributed by atoms with Gasteiger partial charge in [-0.2, -0.15) is 0 Å². The number of hydrogen-bond donors (Lipinski definition) is 1. The van der Waals surface area contributed by atoms with Gasteiger partial charge < -0.3 is 9.84 Å². The van der Waals surface area contributed by atoms with Gasteiger partial charge in [-0.3, -0.25) is 0 Å². The molecule has 0 saturated heterocycles. The summed E-state index contributed by atoms with van der Waals surface area (Å²) in [6.45, 7) is 8.28. The molecule has 0 aliphatic carbocycles. The second-order valence-electron chi connectivity index (χ2n) is 5.28. The molecule has 0 saturated carbocycles. The van der Waals surface area contributed by atoms with Crippen molar-refractivity contribution in [3.05, 3.63) is 28.3 Å². The first-order valence-electron chi connectivity index (χ1n) is 5.82. The summed E-state index contributed by atoms with van der Waals surface area (Å²) in [6.07, 6.45) is 0. The van der Waals surface area contributed by atoms with Crippen molar-refractivity contribution in [2.75, 3.05) is 13.7 Å². The van der Waals surface area contributed by atoms with Crippen LogP contribution in [-0.4, -0.2) is 18.8 Å². The van der Waals surface area contributed by atoms with E-state index in [1.54, 1.807) is 7.11 Å². The maximum atomic E-state index is 9.42. The second kappa shape index (κ2) is 5.28.